The van der Waals surface area contributed by atoms with E-state index < -0.39 is 0 Å². The molecule has 2 atom stereocenters. The number of benzene rings is 1. The smallest absolute Gasteiger partial charge is 0.314 e. The molecule has 4 rings (SSSR count). The third kappa shape index (κ3) is 3.94. The van der Waals surface area contributed by atoms with Crippen LogP contribution in [0.5, 0.6) is 11.5 Å². The number of nitrogens with zero attached hydrogens (tertiary/aromatic N) is 1. The number of aryl methyl sites for hydroxylation is 1. The van der Waals surface area contributed by atoms with Crippen LogP contribution in [0.2, 0.25) is 0 Å². The third-order valence-electron chi connectivity index (χ3n) is 5.99. The fourth-order valence-corrected chi connectivity index (χ4v) is 4.56. The van der Waals surface area contributed by atoms with E-state index in [0.29, 0.717) is 19.7 Å². The van der Waals surface area contributed by atoms with Crippen molar-refractivity contribution in [2.45, 2.75) is 33.6 Å². The topological polar surface area (TPSA) is 71.2 Å². The summed E-state index contributed by atoms with van der Waals surface area (Å²) < 4.78 is 18.1. The maximum atomic E-state index is 13.1. The first kappa shape index (κ1) is 20.5. The number of Topliss-reactive ketones (excluding diaryl/α,β-unsaturated/α-hetero) is 1. The van der Waals surface area contributed by atoms with E-state index in [9.17, 15) is 9.59 Å². The Balaban J connectivity index is 1.50. The van der Waals surface area contributed by atoms with E-state index in [-0.39, 0.29) is 24.5 Å². The summed E-state index contributed by atoms with van der Waals surface area (Å²) in [6, 6.07) is 7.76. The largest absolute Gasteiger partial charge is 0.466 e. The number of hydrogen-bond acceptors (Lipinski definition) is 5. The van der Waals surface area contributed by atoms with Gasteiger partial charge in [-0.25, -0.2) is 0 Å². The summed E-state index contributed by atoms with van der Waals surface area (Å²) in [6.07, 6.45) is 1.78. The molecule has 1 aromatic carbocycles. The van der Waals surface area contributed by atoms with Crippen LogP contribution in [0, 0.1) is 19.8 Å². The number of piperidine rings is 1. The Morgan fingerprint density at radius 3 is 2.80 bits per heavy atom. The maximum Gasteiger partial charge on any atom is 0.314 e. The number of carbonyl (C=O) groups excluding carboxylic acids is 2. The summed E-state index contributed by atoms with van der Waals surface area (Å²) in [7, 11) is 0. The zero-order valence-corrected chi connectivity index (χ0v) is 17.8. The van der Waals surface area contributed by atoms with Gasteiger partial charge in [-0.3, -0.25) is 9.59 Å². The zero-order chi connectivity index (χ0) is 21.3. The van der Waals surface area contributed by atoms with Crippen LogP contribution in [0.4, 0.5) is 0 Å². The van der Waals surface area contributed by atoms with Gasteiger partial charge >= 0.3 is 5.97 Å². The van der Waals surface area contributed by atoms with Crippen LogP contribution in [0.1, 0.15) is 41.5 Å². The number of nitrogens with one attached hydrogen (secondary N) is 1. The zero-order valence-electron chi connectivity index (χ0n) is 17.8. The lowest BCUT2D eigenvalue weighted by Crippen LogP contribution is -3.14. The van der Waals surface area contributed by atoms with E-state index in [1.165, 1.54) is 0 Å². The van der Waals surface area contributed by atoms with Crippen LogP contribution < -0.4 is 14.4 Å². The summed E-state index contributed by atoms with van der Waals surface area (Å²) in [4.78, 5) is 26.4. The molecule has 2 aliphatic rings. The predicted molar refractivity (Wildman–Crippen MR) is 111 cm³/mol. The number of hydrogen-bond donors (Lipinski definition) is 1. The van der Waals surface area contributed by atoms with Gasteiger partial charge in [-0.15, -0.1) is 0 Å². The Hall–Kier alpha value is -2.80. The molecule has 0 saturated carbocycles. The lowest BCUT2D eigenvalue weighted by Gasteiger charge is -2.28. The molecule has 1 aromatic heterocycles. The van der Waals surface area contributed by atoms with Crippen LogP contribution in [-0.2, 0) is 9.53 Å². The second-order valence-corrected chi connectivity index (χ2v) is 8.05. The number of rotatable bonds is 6. The van der Waals surface area contributed by atoms with E-state index >= 15 is 0 Å². The van der Waals surface area contributed by atoms with Gasteiger partial charge in [0.05, 0.1) is 19.7 Å². The SMILES string of the molecule is CCOC(=O)[C@@H]1CCC[NH+](CC(=O)c2cc(C)n(-c3ccc4c(c3)OCO4)c2C)C1. The molecule has 1 unspecified atom stereocenters. The first-order valence-electron chi connectivity index (χ1n) is 10.6. The van der Waals surface area contributed by atoms with Crippen molar-refractivity contribution in [1.82, 2.24) is 4.57 Å². The van der Waals surface area contributed by atoms with Gasteiger partial charge in [-0.1, -0.05) is 0 Å². The quantitative estimate of drug-likeness (QED) is 0.578. The van der Waals surface area contributed by atoms with Gasteiger partial charge in [0.25, 0.3) is 0 Å². The molecule has 2 aromatic rings. The number of esters is 1. The molecule has 1 N–H and O–H groups in total. The van der Waals surface area contributed by atoms with Gasteiger partial charge in [-0.05, 0) is 51.8 Å². The normalized spacial score (nSPS) is 20.2. The first-order chi connectivity index (χ1) is 14.5. The molecule has 160 valence electrons. The van der Waals surface area contributed by atoms with Crippen LogP contribution in [-0.4, -0.2) is 49.4 Å². The highest BCUT2D eigenvalue weighted by Gasteiger charge is 2.31. The number of aromatic nitrogens is 1. The average Bonchev–Trinajstić information content (AvgIpc) is 3.31. The minimum atomic E-state index is -0.136. The fourth-order valence-electron chi connectivity index (χ4n) is 4.56. The van der Waals surface area contributed by atoms with E-state index in [0.717, 1.165) is 58.4 Å². The van der Waals surface area contributed by atoms with Gasteiger partial charge in [0, 0.05) is 28.7 Å². The van der Waals surface area contributed by atoms with Gasteiger partial charge in [0.2, 0.25) is 12.6 Å². The van der Waals surface area contributed by atoms with Crippen molar-refractivity contribution in [2.75, 3.05) is 33.0 Å². The Morgan fingerprint density at radius 1 is 1.20 bits per heavy atom. The molecule has 0 aliphatic carbocycles. The monoisotopic (exact) mass is 413 g/mol. The van der Waals surface area contributed by atoms with Gasteiger partial charge in [0.1, 0.15) is 12.5 Å². The van der Waals surface area contributed by atoms with E-state index in [4.69, 9.17) is 14.2 Å². The van der Waals surface area contributed by atoms with Crippen molar-refractivity contribution in [3.63, 3.8) is 0 Å². The number of ketones is 1. The average molecular weight is 413 g/mol. The summed E-state index contributed by atoms with van der Waals surface area (Å²) in [5, 5.41) is 0. The number of ether oxygens (including phenoxy) is 3. The lowest BCUT2D eigenvalue weighted by atomic mass is 9.97. The summed E-state index contributed by atoms with van der Waals surface area (Å²) in [5.74, 6) is 1.32. The van der Waals surface area contributed by atoms with Crippen LogP contribution in [0.15, 0.2) is 24.3 Å². The highest BCUT2D eigenvalue weighted by Crippen LogP contribution is 2.34. The molecule has 0 bridgehead atoms. The Kier molecular flexibility index (Phi) is 5.81. The first-order valence-corrected chi connectivity index (χ1v) is 10.6. The molecule has 3 heterocycles. The summed E-state index contributed by atoms with van der Waals surface area (Å²) in [6.45, 7) is 8.38. The Labute approximate surface area is 176 Å². The predicted octanol–water partition coefficient (Wildman–Crippen LogP) is 1.86. The van der Waals surface area contributed by atoms with Crippen molar-refractivity contribution >= 4 is 11.8 Å². The Bertz CT molecular complexity index is 965. The second kappa shape index (κ2) is 8.52. The Morgan fingerprint density at radius 2 is 2.00 bits per heavy atom. The van der Waals surface area contributed by atoms with Crippen molar-refractivity contribution in [2.24, 2.45) is 5.92 Å². The molecule has 1 saturated heterocycles. The molecule has 0 spiro atoms. The van der Waals surface area contributed by atoms with Crippen molar-refractivity contribution < 1.29 is 28.7 Å². The maximum absolute atomic E-state index is 13.1. The third-order valence-corrected chi connectivity index (χ3v) is 5.99. The summed E-state index contributed by atoms with van der Waals surface area (Å²) in [5.41, 5.74) is 3.58. The van der Waals surface area contributed by atoms with Crippen molar-refractivity contribution in [1.29, 1.82) is 0 Å². The van der Waals surface area contributed by atoms with Gasteiger partial charge < -0.3 is 23.7 Å². The molecular formula is C23H29N2O5+. The molecular weight excluding hydrogens is 384 g/mol. The van der Waals surface area contributed by atoms with E-state index in [1.54, 1.807) is 0 Å². The molecule has 7 heteroatoms. The minimum absolute atomic E-state index is 0.106. The van der Waals surface area contributed by atoms with E-state index in [1.807, 2.05) is 45.0 Å². The molecule has 1 fully saturated rings. The number of likely N-dealkylation sites (tertiary alicyclic amines) is 1. The number of quaternary nitrogens is 1. The number of carbonyl (C=O) groups is 2. The van der Waals surface area contributed by atoms with Crippen LogP contribution in [0.3, 0.4) is 0 Å². The second-order valence-electron chi connectivity index (χ2n) is 8.05. The molecule has 0 radical (unpaired) electrons. The fraction of sp³-hybridized carbons (Fsp3) is 0.478. The highest BCUT2D eigenvalue weighted by molar-refractivity contribution is 5.98. The van der Waals surface area contributed by atoms with Crippen LogP contribution >= 0.6 is 0 Å². The highest BCUT2D eigenvalue weighted by atomic mass is 16.7. The standard InChI is InChI=1S/C23H28N2O5/c1-4-28-23(27)17-6-5-9-24(12-17)13-20(26)19-10-15(2)25(16(19)3)18-7-8-21-22(11-18)30-14-29-21/h7-8,10-11,17H,4-6,9,12-14H2,1-3H3/p+1/t17-/m1/s1. The number of fused-ring (bicyclic) bond motifs is 1. The van der Waals surface area contributed by atoms with Crippen LogP contribution in [0.25, 0.3) is 5.69 Å². The van der Waals surface area contributed by atoms with Crippen molar-refractivity contribution in [3.8, 4) is 17.2 Å². The van der Waals surface area contributed by atoms with Gasteiger partial charge in [0.15, 0.2) is 11.5 Å². The summed E-state index contributed by atoms with van der Waals surface area (Å²) >= 11 is 0. The van der Waals surface area contributed by atoms with Gasteiger partial charge in [-0.2, -0.15) is 0 Å². The van der Waals surface area contributed by atoms with E-state index in [2.05, 4.69) is 4.57 Å². The lowest BCUT2D eigenvalue weighted by molar-refractivity contribution is -0.899. The molecule has 0 amide bonds. The molecule has 2 aliphatic heterocycles. The molecule has 30 heavy (non-hydrogen) atoms. The molecule has 7 nitrogen and oxygen atoms in total. The van der Waals surface area contributed by atoms with Crippen molar-refractivity contribution in [3.05, 3.63) is 41.2 Å². The minimum Gasteiger partial charge on any atom is -0.466 e.